The topological polar surface area (TPSA) is 66.9 Å². The normalized spacial score (nSPS) is 15.1. The van der Waals surface area contributed by atoms with E-state index in [2.05, 4.69) is 26.0 Å². The number of carbonyl (C=O) groups is 1. The van der Waals surface area contributed by atoms with Crippen molar-refractivity contribution in [2.75, 3.05) is 26.2 Å². The van der Waals surface area contributed by atoms with E-state index in [1.165, 1.54) is 4.31 Å². The van der Waals surface area contributed by atoms with Crippen LogP contribution in [0, 0.1) is 13.8 Å². The first-order valence-corrected chi connectivity index (χ1v) is 13.3. The van der Waals surface area contributed by atoms with Crippen molar-refractivity contribution in [3.63, 3.8) is 0 Å². The Hall–Kier alpha value is -2.38. The minimum absolute atomic E-state index is 0.133. The number of carbonyl (C=O) groups excluding carboxylic acids is 1. The van der Waals surface area contributed by atoms with Crippen molar-refractivity contribution in [2.24, 2.45) is 0 Å². The molecule has 0 saturated carbocycles. The van der Waals surface area contributed by atoms with E-state index in [1.54, 1.807) is 12.1 Å². The van der Waals surface area contributed by atoms with Crippen molar-refractivity contribution in [1.82, 2.24) is 9.21 Å². The van der Waals surface area contributed by atoms with Crippen LogP contribution >= 0.6 is 0 Å². The van der Waals surface area contributed by atoms with Gasteiger partial charge in [0.15, 0.2) is 0 Å². The van der Waals surface area contributed by atoms with Crippen molar-refractivity contribution in [3.8, 4) is 5.75 Å². The van der Waals surface area contributed by atoms with Gasteiger partial charge in [-0.25, -0.2) is 8.42 Å². The second-order valence-corrected chi connectivity index (χ2v) is 10.6. The molecule has 0 N–H and O–H groups in total. The number of sulfonamides is 1. The highest BCUT2D eigenvalue weighted by atomic mass is 32.2. The van der Waals surface area contributed by atoms with E-state index in [1.807, 2.05) is 36.9 Å². The predicted octanol–water partition coefficient (Wildman–Crippen LogP) is 4.34. The van der Waals surface area contributed by atoms with Gasteiger partial charge < -0.3 is 9.64 Å². The number of piperidine rings is 1. The smallest absolute Gasteiger partial charge is 0.243 e. The zero-order chi connectivity index (χ0) is 24.0. The van der Waals surface area contributed by atoms with Gasteiger partial charge in [-0.05, 0) is 49.1 Å². The lowest BCUT2D eigenvalue weighted by Gasteiger charge is -2.33. The van der Waals surface area contributed by atoms with E-state index in [0.29, 0.717) is 43.9 Å². The predicted molar refractivity (Wildman–Crippen MR) is 131 cm³/mol. The number of para-hydroxylation sites is 1. The lowest BCUT2D eigenvalue weighted by Crippen LogP contribution is -2.42. The van der Waals surface area contributed by atoms with Gasteiger partial charge in [0.05, 0.1) is 4.90 Å². The molecule has 1 heterocycles. The standard InChI is InChI=1S/C26H36N2O4S/c1-5-28(6-2)33(30,31)24-13-10-22(11-14-24)12-15-25(29)27-18-16-23(17-19-27)32-26-20(3)8-7-9-21(26)4/h7-11,13-14,23H,5-6,12,15-19H2,1-4H3. The quantitative estimate of drug-likeness (QED) is 0.545. The van der Waals surface area contributed by atoms with Crippen molar-refractivity contribution in [2.45, 2.75) is 64.4 Å². The van der Waals surface area contributed by atoms with E-state index in [4.69, 9.17) is 4.74 Å². The second-order valence-electron chi connectivity index (χ2n) is 8.65. The molecule has 6 nitrogen and oxygen atoms in total. The zero-order valence-electron chi connectivity index (χ0n) is 20.2. The molecule has 1 amide bonds. The number of amides is 1. The third kappa shape index (κ3) is 6.15. The highest BCUT2D eigenvalue weighted by Gasteiger charge is 2.25. The number of hydrogen-bond donors (Lipinski definition) is 0. The summed E-state index contributed by atoms with van der Waals surface area (Å²) >= 11 is 0. The molecule has 0 aliphatic carbocycles. The van der Waals surface area contributed by atoms with E-state index in [-0.39, 0.29) is 12.0 Å². The molecule has 2 aromatic carbocycles. The minimum atomic E-state index is -3.45. The Morgan fingerprint density at radius 2 is 1.58 bits per heavy atom. The first-order valence-electron chi connectivity index (χ1n) is 11.9. The minimum Gasteiger partial charge on any atom is -0.490 e. The molecule has 1 fully saturated rings. The van der Waals surface area contributed by atoms with Crippen LogP contribution in [0.25, 0.3) is 0 Å². The third-order valence-corrected chi connectivity index (χ3v) is 8.45. The van der Waals surface area contributed by atoms with E-state index >= 15 is 0 Å². The molecule has 0 atom stereocenters. The third-order valence-electron chi connectivity index (χ3n) is 6.38. The molecule has 2 aromatic rings. The number of ether oxygens (including phenoxy) is 1. The lowest BCUT2D eigenvalue weighted by atomic mass is 10.0. The Balaban J connectivity index is 1.49. The molecule has 0 aromatic heterocycles. The fourth-order valence-electron chi connectivity index (χ4n) is 4.32. The molecule has 1 saturated heterocycles. The molecule has 0 spiro atoms. The van der Waals surface area contributed by atoms with Crippen LogP contribution in [0.1, 0.15) is 49.8 Å². The van der Waals surface area contributed by atoms with Crippen molar-refractivity contribution in [3.05, 3.63) is 59.2 Å². The number of hydrogen-bond acceptors (Lipinski definition) is 4. The number of rotatable bonds is 9. The second kappa shape index (κ2) is 11.2. The average Bonchev–Trinajstić information content (AvgIpc) is 2.81. The molecule has 7 heteroatoms. The van der Waals surface area contributed by atoms with Gasteiger partial charge in [-0.1, -0.05) is 44.2 Å². The van der Waals surface area contributed by atoms with Gasteiger partial charge in [0, 0.05) is 45.4 Å². The molecule has 3 rings (SSSR count). The van der Waals surface area contributed by atoms with E-state index in [9.17, 15) is 13.2 Å². The van der Waals surface area contributed by atoms with Crippen molar-refractivity contribution >= 4 is 15.9 Å². The van der Waals surface area contributed by atoms with Gasteiger partial charge in [0.2, 0.25) is 15.9 Å². The number of likely N-dealkylation sites (tertiary alicyclic amines) is 1. The zero-order valence-corrected chi connectivity index (χ0v) is 21.0. The Morgan fingerprint density at radius 1 is 1.00 bits per heavy atom. The maximum absolute atomic E-state index is 12.7. The number of aryl methyl sites for hydroxylation is 3. The van der Waals surface area contributed by atoms with Gasteiger partial charge in [-0.3, -0.25) is 4.79 Å². The Kier molecular flexibility index (Phi) is 8.54. The van der Waals surface area contributed by atoms with Crippen LogP contribution in [-0.4, -0.2) is 55.8 Å². The van der Waals surface area contributed by atoms with Crippen LogP contribution in [0.3, 0.4) is 0 Å². The van der Waals surface area contributed by atoms with Gasteiger partial charge >= 0.3 is 0 Å². The van der Waals surface area contributed by atoms with E-state index < -0.39 is 10.0 Å². The van der Waals surface area contributed by atoms with Gasteiger partial charge in [-0.2, -0.15) is 4.31 Å². The highest BCUT2D eigenvalue weighted by molar-refractivity contribution is 7.89. The van der Waals surface area contributed by atoms with Crippen LogP contribution in [0.15, 0.2) is 47.4 Å². The highest BCUT2D eigenvalue weighted by Crippen LogP contribution is 2.26. The molecule has 1 aliphatic heterocycles. The summed E-state index contributed by atoms with van der Waals surface area (Å²) < 4.78 is 32.9. The molecule has 180 valence electrons. The average molecular weight is 473 g/mol. The summed E-state index contributed by atoms with van der Waals surface area (Å²) in [4.78, 5) is 14.9. The van der Waals surface area contributed by atoms with Crippen molar-refractivity contribution < 1.29 is 17.9 Å². The summed E-state index contributed by atoms with van der Waals surface area (Å²) in [5, 5.41) is 0. The van der Waals surface area contributed by atoms with Crippen LogP contribution in [-0.2, 0) is 21.2 Å². The van der Waals surface area contributed by atoms with Crippen LogP contribution in [0.5, 0.6) is 5.75 Å². The molecule has 1 aliphatic rings. The fourth-order valence-corrected chi connectivity index (χ4v) is 5.78. The Bertz CT molecular complexity index is 1020. The SMILES string of the molecule is CCN(CC)S(=O)(=O)c1ccc(CCC(=O)N2CCC(Oc3c(C)cccc3C)CC2)cc1. The van der Waals surface area contributed by atoms with Crippen LogP contribution in [0.4, 0.5) is 0 Å². The van der Waals surface area contributed by atoms with Crippen LogP contribution in [0.2, 0.25) is 0 Å². The fraction of sp³-hybridized carbons (Fsp3) is 0.500. The van der Waals surface area contributed by atoms with Gasteiger partial charge in [0.1, 0.15) is 11.9 Å². The molecular formula is C26H36N2O4S. The first kappa shape index (κ1) is 25.2. The first-order chi connectivity index (χ1) is 15.8. The monoisotopic (exact) mass is 472 g/mol. The van der Waals surface area contributed by atoms with Gasteiger partial charge in [0.25, 0.3) is 0 Å². The number of nitrogens with zero attached hydrogens (tertiary/aromatic N) is 2. The van der Waals surface area contributed by atoms with Crippen LogP contribution < -0.4 is 4.74 Å². The summed E-state index contributed by atoms with van der Waals surface area (Å²) in [6, 6.07) is 13.1. The summed E-state index contributed by atoms with van der Waals surface area (Å²) in [6.45, 7) is 10.1. The molecular weight excluding hydrogens is 436 g/mol. The largest absolute Gasteiger partial charge is 0.490 e. The molecule has 33 heavy (non-hydrogen) atoms. The summed E-state index contributed by atoms with van der Waals surface area (Å²) in [7, 11) is -3.45. The molecule has 0 unspecified atom stereocenters. The maximum Gasteiger partial charge on any atom is 0.243 e. The summed E-state index contributed by atoms with van der Waals surface area (Å²) in [5.74, 6) is 1.11. The maximum atomic E-state index is 12.7. The summed E-state index contributed by atoms with van der Waals surface area (Å²) in [5.41, 5.74) is 3.25. The Labute approximate surface area is 198 Å². The number of benzene rings is 2. The lowest BCUT2D eigenvalue weighted by molar-refractivity contribution is -0.132. The molecule has 0 bridgehead atoms. The Morgan fingerprint density at radius 3 is 2.12 bits per heavy atom. The van der Waals surface area contributed by atoms with E-state index in [0.717, 1.165) is 35.3 Å². The molecule has 0 radical (unpaired) electrons. The summed E-state index contributed by atoms with van der Waals surface area (Å²) in [6.07, 6.45) is 2.82. The van der Waals surface area contributed by atoms with Crippen molar-refractivity contribution in [1.29, 1.82) is 0 Å². The van der Waals surface area contributed by atoms with Gasteiger partial charge in [-0.15, -0.1) is 0 Å².